The van der Waals surface area contributed by atoms with Crippen molar-refractivity contribution in [2.45, 2.75) is 13.3 Å². The van der Waals surface area contributed by atoms with E-state index < -0.39 is 10.0 Å². The van der Waals surface area contributed by atoms with Crippen LogP contribution >= 0.6 is 0 Å². The third-order valence-corrected chi connectivity index (χ3v) is 3.42. The van der Waals surface area contributed by atoms with E-state index in [9.17, 15) is 13.2 Å². The monoisotopic (exact) mass is 249 g/mol. The molecule has 0 aromatic carbocycles. The molecule has 0 saturated carbocycles. The maximum absolute atomic E-state index is 11.8. The SMILES string of the molecule is CC1(C(=O)NCCNS(C)(=O)=O)CCNC1. The van der Waals surface area contributed by atoms with Gasteiger partial charge in [-0.3, -0.25) is 4.79 Å². The third-order valence-electron chi connectivity index (χ3n) is 2.69. The standard InChI is InChI=1S/C9H19N3O3S/c1-9(3-4-10-7-9)8(13)11-5-6-12-16(2,14)15/h10,12H,3-7H2,1-2H3,(H,11,13). The Hall–Kier alpha value is -0.660. The van der Waals surface area contributed by atoms with Crippen LogP contribution in [0.2, 0.25) is 0 Å². The molecule has 7 heteroatoms. The van der Waals surface area contributed by atoms with E-state index in [2.05, 4.69) is 15.4 Å². The number of rotatable bonds is 5. The highest BCUT2D eigenvalue weighted by molar-refractivity contribution is 7.88. The molecule has 0 aromatic heterocycles. The molecular weight excluding hydrogens is 230 g/mol. The summed E-state index contributed by atoms with van der Waals surface area (Å²) in [6.45, 7) is 3.99. The minimum Gasteiger partial charge on any atom is -0.354 e. The van der Waals surface area contributed by atoms with Gasteiger partial charge in [0.2, 0.25) is 15.9 Å². The van der Waals surface area contributed by atoms with Crippen molar-refractivity contribution in [1.82, 2.24) is 15.4 Å². The molecule has 16 heavy (non-hydrogen) atoms. The van der Waals surface area contributed by atoms with E-state index in [1.807, 2.05) is 6.92 Å². The van der Waals surface area contributed by atoms with Crippen molar-refractivity contribution in [3.05, 3.63) is 0 Å². The quantitative estimate of drug-likeness (QED) is 0.526. The summed E-state index contributed by atoms with van der Waals surface area (Å²) in [5.74, 6) is -0.0206. The summed E-state index contributed by atoms with van der Waals surface area (Å²) in [4.78, 5) is 11.8. The Morgan fingerprint density at radius 1 is 1.44 bits per heavy atom. The minimum absolute atomic E-state index is 0.0206. The van der Waals surface area contributed by atoms with Crippen molar-refractivity contribution in [1.29, 1.82) is 0 Å². The molecule has 0 aliphatic carbocycles. The topological polar surface area (TPSA) is 87.3 Å². The highest BCUT2D eigenvalue weighted by atomic mass is 32.2. The lowest BCUT2D eigenvalue weighted by molar-refractivity contribution is -0.129. The van der Waals surface area contributed by atoms with Gasteiger partial charge in [0.25, 0.3) is 0 Å². The normalized spacial score (nSPS) is 25.6. The Bertz CT molecular complexity index is 347. The molecule has 0 aromatic rings. The van der Waals surface area contributed by atoms with Crippen molar-refractivity contribution in [3.8, 4) is 0 Å². The van der Waals surface area contributed by atoms with Crippen molar-refractivity contribution < 1.29 is 13.2 Å². The molecule has 1 aliphatic rings. The second-order valence-electron chi connectivity index (χ2n) is 4.41. The zero-order valence-electron chi connectivity index (χ0n) is 9.67. The first-order valence-electron chi connectivity index (χ1n) is 5.27. The molecule has 1 unspecified atom stereocenters. The van der Waals surface area contributed by atoms with Gasteiger partial charge in [-0.05, 0) is 19.9 Å². The molecule has 1 rings (SSSR count). The second kappa shape index (κ2) is 5.11. The Kier molecular flexibility index (Phi) is 4.28. The van der Waals surface area contributed by atoms with Crippen LogP contribution in [0.15, 0.2) is 0 Å². The fraction of sp³-hybridized carbons (Fsp3) is 0.889. The van der Waals surface area contributed by atoms with Crippen LogP contribution < -0.4 is 15.4 Å². The smallest absolute Gasteiger partial charge is 0.227 e. The van der Waals surface area contributed by atoms with E-state index in [0.717, 1.165) is 19.2 Å². The van der Waals surface area contributed by atoms with Gasteiger partial charge in [0.15, 0.2) is 0 Å². The Labute approximate surface area is 96.2 Å². The van der Waals surface area contributed by atoms with Gasteiger partial charge < -0.3 is 10.6 Å². The lowest BCUT2D eigenvalue weighted by Gasteiger charge is -2.21. The molecule has 1 amide bonds. The summed E-state index contributed by atoms with van der Waals surface area (Å²) < 4.78 is 23.8. The van der Waals surface area contributed by atoms with E-state index in [1.165, 1.54) is 0 Å². The molecule has 94 valence electrons. The number of nitrogens with one attached hydrogen (secondary N) is 3. The average molecular weight is 249 g/mol. The van der Waals surface area contributed by atoms with Crippen LogP contribution in [-0.4, -0.2) is 46.8 Å². The summed E-state index contributed by atoms with van der Waals surface area (Å²) in [6.07, 6.45) is 1.91. The first-order valence-corrected chi connectivity index (χ1v) is 7.16. The van der Waals surface area contributed by atoms with Gasteiger partial charge in [-0.25, -0.2) is 13.1 Å². The molecule has 6 nitrogen and oxygen atoms in total. The molecule has 0 radical (unpaired) electrons. The fourth-order valence-corrected chi connectivity index (χ4v) is 2.11. The number of carbonyl (C=O) groups is 1. The van der Waals surface area contributed by atoms with Crippen LogP contribution in [0.3, 0.4) is 0 Å². The first-order chi connectivity index (χ1) is 7.33. The van der Waals surface area contributed by atoms with Gasteiger partial charge in [0.1, 0.15) is 0 Å². The molecule has 0 spiro atoms. The summed E-state index contributed by atoms with van der Waals surface area (Å²) in [5, 5.41) is 5.87. The first kappa shape index (κ1) is 13.4. The van der Waals surface area contributed by atoms with Crippen LogP contribution in [0.4, 0.5) is 0 Å². The molecule has 1 atom stereocenters. The van der Waals surface area contributed by atoms with Crippen LogP contribution in [0.1, 0.15) is 13.3 Å². The average Bonchev–Trinajstić information content (AvgIpc) is 2.59. The van der Waals surface area contributed by atoms with E-state index >= 15 is 0 Å². The van der Waals surface area contributed by atoms with E-state index in [1.54, 1.807) is 0 Å². The number of carbonyl (C=O) groups excluding carboxylic acids is 1. The fourth-order valence-electron chi connectivity index (χ4n) is 1.64. The zero-order valence-corrected chi connectivity index (χ0v) is 10.5. The molecular formula is C9H19N3O3S. The largest absolute Gasteiger partial charge is 0.354 e. The predicted octanol–water partition coefficient (Wildman–Crippen LogP) is -1.35. The summed E-state index contributed by atoms with van der Waals surface area (Å²) in [5.41, 5.74) is -0.356. The van der Waals surface area contributed by atoms with Crippen LogP contribution in [0.25, 0.3) is 0 Å². The van der Waals surface area contributed by atoms with Gasteiger partial charge in [0, 0.05) is 19.6 Å². The van der Waals surface area contributed by atoms with Crippen LogP contribution in [0.5, 0.6) is 0 Å². The maximum atomic E-state index is 11.8. The second-order valence-corrected chi connectivity index (χ2v) is 6.24. The number of sulfonamides is 1. The van der Waals surface area contributed by atoms with E-state index in [-0.39, 0.29) is 17.9 Å². The van der Waals surface area contributed by atoms with Gasteiger partial charge in [0.05, 0.1) is 11.7 Å². The molecule has 1 heterocycles. The van der Waals surface area contributed by atoms with E-state index in [0.29, 0.717) is 13.1 Å². The molecule has 1 fully saturated rings. The van der Waals surface area contributed by atoms with Gasteiger partial charge in [-0.1, -0.05) is 0 Å². The Balaban J connectivity index is 2.25. The summed E-state index contributed by atoms with van der Waals surface area (Å²) >= 11 is 0. The predicted molar refractivity (Wildman–Crippen MR) is 61.4 cm³/mol. The van der Waals surface area contributed by atoms with Gasteiger partial charge in [-0.2, -0.15) is 0 Å². The lowest BCUT2D eigenvalue weighted by atomic mass is 9.89. The van der Waals surface area contributed by atoms with Gasteiger partial charge in [-0.15, -0.1) is 0 Å². The molecule has 3 N–H and O–H groups in total. The molecule has 1 saturated heterocycles. The highest BCUT2D eigenvalue weighted by Crippen LogP contribution is 2.24. The molecule has 0 bridgehead atoms. The summed E-state index contributed by atoms with van der Waals surface area (Å²) in [6, 6.07) is 0. The van der Waals surface area contributed by atoms with Crippen molar-refractivity contribution in [3.63, 3.8) is 0 Å². The van der Waals surface area contributed by atoms with E-state index in [4.69, 9.17) is 0 Å². The lowest BCUT2D eigenvalue weighted by Crippen LogP contribution is -2.43. The van der Waals surface area contributed by atoms with Crippen LogP contribution in [0, 0.1) is 5.41 Å². The minimum atomic E-state index is -3.17. The third kappa shape index (κ3) is 4.07. The number of amides is 1. The number of hydrogen-bond donors (Lipinski definition) is 3. The van der Waals surface area contributed by atoms with Gasteiger partial charge >= 0.3 is 0 Å². The van der Waals surface area contributed by atoms with Crippen molar-refractivity contribution in [2.24, 2.45) is 5.41 Å². The zero-order chi connectivity index (χ0) is 12.2. The molecule has 1 aliphatic heterocycles. The Morgan fingerprint density at radius 3 is 2.62 bits per heavy atom. The Morgan fingerprint density at radius 2 is 2.12 bits per heavy atom. The van der Waals surface area contributed by atoms with Crippen molar-refractivity contribution >= 4 is 15.9 Å². The van der Waals surface area contributed by atoms with Crippen LogP contribution in [-0.2, 0) is 14.8 Å². The highest BCUT2D eigenvalue weighted by Gasteiger charge is 2.35. The maximum Gasteiger partial charge on any atom is 0.227 e. The number of hydrogen-bond acceptors (Lipinski definition) is 4. The van der Waals surface area contributed by atoms with Crippen molar-refractivity contribution in [2.75, 3.05) is 32.4 Å². The summed E-state index contributed by atoms with van der Waals surface area (Å²) in [7, 11) is -3.17.